The second-order valence-corrected chi connectivity index (χ2v) is 10.0. The minimum absolute atomic E-state index is 0.0487. The summed E-state index contributed by atoms with van der Waals surface area (Å²) in [7, 11) is 0. The largest absolute Gasteiger partial charge is 0.493 e. The smallest absolute Gasteiger partial charge is 0.136 e. The lowest BCUT2D eigenvalue weighted by atomic mass is 9.71. The molecular formula is C22H36BrNO2S. The van der Waals surface area contributed by atoms with Crippen LogP contribution in [0.15, 0.2) is 15.4 Å². The van der Waals surface area contributed by atoms with Gasteiger partial charge < -0.3 is 15.6 Å². The van der Waals surface area contributed by atoms with E-state index in [2.05, 4.69) is 36.7 Å². The third kappa shape index (κ3) is 4.62. The summed E-state index contributed by atoms with van der Waals surface area (Å²) >= 11 is 5.28. The SMILES string of the molecule is CCOc1cc(Br)c(C)c(N)c1SC(C)C(O)(C(CC)CC)C1CCCC1. The van der Waals surface area contributed by atoms with Gasteiger partial charge in [-0.2, -0.15) is 0 Å². The van der Waals surface area contributed by atoms with Crippen LogP contribution < -0.4 is 10.5 Å². The number of nitrogen functional groups attached to an aromatic ring is 1. The maximum Gasteiger partial charge on any atom is 0.136 e. The molecular weight excluding hydrogens is 422 g/mol. The molecule has 27 heavy (non-hydrogen) atoms. The number of rotatable bonds is 9. The van der Waals surface area contributed by atoms with Gasteiger partial charge in [-0.25, -0.2) is 0 Å². The van der Waals surface area contributed by atoms with E-state index < -0.39 is 5.60 Å². The van der Waals surface area contributed by atoms with Crippen molar-refractivity contribution < 1.29 is 9.84 Å². The van der Waals surface area contributed by atoms with Gasteiger partial charge >= 0.3 is 0 Å². The average molecular weight is 459 g/mol. The predicted molar refractivity (Wildman–Crippen MR) is 121 cm³/mol. The Bertz CT molecular complexity index is 625. The van der Waals surface area contributed by atoms with Crippen molar-refractivity contribution in [1.29, 1.82) is 0 Å². The Hall–Kier alpha value is -0.390. The highest BCUT2D eigenvalue weighted by molar-refractivity contribution is 9.10. The van der Waals surface area contributed by atoms with Gasteiger partial charge in [0, 0.05) is 9.72 Å². The maximum absolute atomic E-state index is 12.0. The number of ether oxygens (including phenoxy) is 1. The van der Waals surface area contributed by atoms with Crippen molar-refractivity contribution in [3.63, 3.8) is 0 Å². The lowest BCUT2D eigenvalue weighted by Gasteiger charge is -2.45. The van der Waals surface area contributed by atoms with E-state index in [1.165, 1.54) is 12.8 Å². The maximum atomic E-state index is 12.0. The zero-order chi connectivity index (χ0) is 20.2. The Labute approximate surface area is 178 Å². The fraction of sp³-hybridized carbons (Fsp3) is 0.727. The first kappa shape index (κ1) is 22.9. The fourth-order valence-electron chi connectivity index (χ4n) is 4.70. The summed E-state index contributed by atoms with van der Waals surface area (Å²) in [6, 6.07) is 2.01. The van der Waals surface area contributed by atoms with Crippen molar-refractivity contribution in [3.8, 4) is 5.75 Å². The number of nitrogens with two attached hydrogens (primary N) is 1. The highest BCUT2D eigenvalue weighted by Gasteiger charge is 2.47. The van der Waals surface area contributed by atoms with Crippen molar-refractivity contribution in [3.05, 3.63) is 16.1 Å². The van der Waals surface area contributed by atoms with E-state index in [4.69, 9.17) is 10.5 Å². The summed E-state index contributed by atoms with van der Waals surface area (Å²) in [5, 5.41) is 12.1. The Morgan fingerprint density at radius 2 is 1.89 bits per heavy atom. The number of benzene rings is 1. The summed E-state index contributed by atoms with van der Waals surface area (Å²) in [5.41, 5.74) is 7.59. The van der Waals surface area contributed by atoms with Crippen LogP contribution in [0, 0.1) is 18.8 Å². The molecule has 1 aromatic rings. The quantitative estimate of drug-likeness (QED) is 0.324. The van der Waals surface area contributed by atoms with E-state index in [0.717, 1.165) is 52.1 Å². The van der Waals surface area contributed by atoms with Crippen LogP contribution in [0.2, 0.25) is 0 Å². The minimum Gasteiger partial charge on any atom is -0.493 e. The first-order valence-corrected chi connectivity index (χ1v) is 12.1. The Kier molecular flexibility index (Phi) is 8.38. The highest BCUT2D eigenvalue weighted by Crippen LogP contribution is 2.50. The van der Waals surface area contributed by atoms with Gasteiger partial charge in [0.15, 0.2) is 0 Å². The van der Waals surface area contributed by atoms with Crippen molar-refractivity contribution in [2.24, 2.45) is 11.8 Å². The molecule has 2 unspecified atom stereocenters. The molecule has 3 nitrogen and oxygen atoms in total. The lowest BCUT2D eigenvalue weighted by Crippen LogP contribution is -2.51. The van der Waals surface area contributed by atoms with Crippen molar-refractivity contribution in [2.75, 3.05) is 12.3 Å². The summed E-state index contributed by atoms with van der Waals surface area (Å²) in [6.45, 7) is 11.2. The molecule has 5 heteroatoms. The van der Waals surface area contributed by atoms with Gasteiger partial charge in [0.2, 0.25) is 0 Å². The molecule has 2 atom stereocenters. The molecule has 1 fully saturated rings. The monoisotopic (exact) mass is 457 g/mol. The molecule has 3 N–H and O–H groups in total. The van der Waals surface area contributed by atoms with Crippen LogP contribution in [0.5, 0.6) is 5.75 Å². The second kappa shape index (κ2) is 9.89. The Morgan fingerprint density at radius 3 is 2.41 bits per heavy atom. The third-order valence-electron chi connectivity index (χ3n) is 6.38. The van der Waals surface area contributed by atoms with Crippen LogP contribution >= 0.6 is 27.7 Å². The van der Waals surface area contributed by atoms with Crippen LogP contribution in [0.3, 0.4) is 0 Å². The molecule has 0 radical (unpaired) electrons. The van der Waals surface area contributed by atoms with Gasteiger partial charge in [-0.05, 0) is 50.2 Å². The number of hydrogen-bond donors (Lipinski definition) is 2. The van der Waals surface area contributed by atoms with E-state index in [1.54, 1.807) is 11.8 Å². The number of hydrogen-bond acceptors (Lipinski definition) is 4. The average Bonchev–Trinajstić information content (AvgIpc) is 3.19. The zero-order valence-electron chi connectivity index (χ0n) is 17.5. The zero-order valence-corrected chi connectivity index (χ0v) is 19.9. The lowest BCUT2D eigenvalue weighted by molar-refractivity contribution is -0.0689. The molecule has 0 bridgehead atoms. The highest BCUT2D eigenvalue weighted by atomic mass is 79.9. The Balaban J connectivity index is 2.42. The van der Waals surface area contributed by atoms with Crippen LogP contribution in [0.4, 0.5) is 5.69 Å². The van der Waals surface area contributed by atoms with Crippen molar-refractivity contribution in [1.82, 2.24) is 0 Å². The van der Waals surface area contributed by atoms with Crippen LogP contribution in [0.25, 0.3) is 0 Å². The summed E-state index contributed by atoms with van der Waals surface area (Å²) in [6.07, 6.45) is 6.72. The minimum atomic E-state index is -0.679. The molecule has 1 saturated carbocycles. The topological polar surface area (TPSA) is 55.5 Å². The Morgan fingerprint density at radius 1 is 1.30 bits per heavy atom. The van der Waals surface area contributed by atoms with Gasteiger partial charge in [0.25, 0.3) is 0 Å². The summed E-state index contributed by atoms with van der Waals surface area (Å²) < 4.78 is 6.86. The van der Waals surface area contributed by atoms with Gasteiger partial charge in [0.1, 0.15) is 5.75 Å². The number of aliphatic hydroxyl groups is 1. The molecule has 0 saturated heterocycles. The van der Waals surface area contributed by atoms with Gasteiger partial charge in [-0.1, -0.05) is 62.4 Å². The summed E-state index contributed by atoms with van der Waals surface area (Å²) in [5.74, 6) is 1.48. The molecule has 1 aliphatic rings. The molecule has 0 amide bonds. The van der Waals surface area contributed by atoms with E-state index in [1.807, 2.05) is 19.9 Å². The molecule has 0 spiro atoms. The van der Waals surface area contributed by atoms with Crippen LogP contribution in [-0.4, -0.2) is 22.6 Å². The first-order chi connectivity index (χ1) is 12.8. The predicted octanol–water partition coefficient (Wildman–Crippen LogP) is 6.58. The molecule has 0 aliphatic heterocycles. The van der Waals surface area contributed by atoms with E-state index >= 15 is 0 Å². The fourth-order valence-corrected chi connectivity index (χ4v) is 6.57. The van der Waals surface area contributed by atoms with Gasteiger partial charge in [-0.15, -0.1) is 11.8 Å². The molecule has 154 valence electrons. The molecule has 1 aromatic carbocycles. The second-order valence-electron chi connectivity index (χ2n) is 7.80. The first-order valence-electron chi connectivity index (χ1n) is 10.4. The third-order valence-corrected chi connectivity index (χ3v) is 8.59. The van der Waals surface area contributed by atoms with Crippen molar-refractivity contribution in [2.45, 2.75) is 88.9 Å². The normalized spacial score (nSPS) is 18.7. The molecule has 1 aliphatic carbocycles. The van der Waals surface area contributed by atoms with Crippen molar-refractivity contribution >= 4 is 33.4 Å². The van der Waals surface area contributed by atoms with E-state index in [0.29, 0.717) is 18.4 Å². The van der Waals surface area contributed by atoms with Crippen LogP contribution in [0.1, 0.15) is 71.8 Å². The van der Waals surface area contributed by atoms with Gasteiger partial charge in [-0.3, -0.25) is 0 Å². The standard InChI is InChI=1S/C22H36BrNO2S/c1-6-16(7-2)22(25,17-11-9-10-12-17)15(5)27-21-19(26-8-3)13-18(23)14(4)20(21)24/h13,15-17,25H,6-12,24H2,1-5H3. The summed E-state index contributed by atoms with van der Waals surface area (Å²) in [4.78, 5) is 0.965. The van der Waals surface area contributed by atoms with Crippen LogP contribution in [-0.2, 0) is 0 Å². The molecule has 0 heterocycles. The molecule has 2 rings (SSSR count). The van der Waals surface area contributed by atoms with E-state index in [9.17, 15) is 5.11 Å². The number of anilines is 1. The molecule has 0 aromatic heterocycles. The van der Waals surface area contributed by atoms with E-state index in [-0.39, 0.29) is 5.25 Å². The van der Waals surface area contributed by atoms with Gasteiger partial charge in [0.05, 0.1) is 22.8 Å². The number of halogens is 1. The number of thioether (sulfide) groups is 1.